The van der Waals surface area contributed by atoms with E-state index in [-0.39, 0.29) is 6.10 Å². The molecule has 0 aromatic heterocycles. The summed E-state index contributed by atoms with van der Waals surface area (Å²) in [5, 5.41) is 6.76. The van der Waals surface area contributed by atoms with Crippen LogP contribution in [0.1, 0.15) is 0 Å². The monoisotopic (exact) mass is 172 g/mol. The van der Waals surface area contributed by atoms with Gasteiger partial charge in [-0.3, -0.25) is 0 Å². The Kier molecular flexibility index (Phi) is 2.94. The van der Waals surface area contributed by atoms with E-state index in [1.165, 1.54) is 0 Å². The van der Waals surface area contributed by atoms with Crippen molar-refractivity contribution < 1.29 is 9.47 Å². The quantitative estimate of drug-likeness (QED) is 0.530. The van der Waals surface area contributed by atoms with Gasteiger partial charge in [-0.1, -0.05) is 0 Å². The van der Waals surface area contributed by atoms with Gasteiger partial charge in [0.1, 0.15) is 0 Å². The molecule has 0 amide bonds. The topological polar surface area (TPSA) is 42.5 Å². The second kappa shape index (κ2) is 4.18. The highest BCUT2D eigenvalue weighted by molar-refractivity contribution is 4.83. The fourth-order valence-corrected chi connectivity index (χ4v) is 1.68. The van der Waals surface area contributed by atoms with Crippen molar-refractivity contribution in [2.24, 2.45) is 0 Å². The Hall–Kier alpha value is -0.160. The van der Waals surface area contributed by atoms with E-state index >= 15 is 0 Å². The fourth-order valence-electron chi connectivity index (χ4n) is 1.68. The number of rotatable bonds is 1. The second-order valence-electron chi connectivity index (χ2n) is 3.25. The highest BCUT2D eigenvalue weighted by atomic mass is 16.6. The molecular weight excluding hydrogens is 156 g/mol. The van der Waals surface area contributed by atoms with E-state index in [2.05, 4.69) is 10.6 Å². The molecule has 2 atom stereocenters. The van der Waals surface area contributed by atoms with Crippen LogP contribution in [0.3, 0.4) is 0 Å². The zero-order valence-electron chi connectivity index (χ0n) is 7.21. The molecule has 70 valence electrons. The summed E-state index contributed by atoms with van der Waals surface area (Å²) in [6, 6.07) is 0.430. The highest BCUT2D eigenvalue weighted by Gasteiger charge is 2.25. The van der Waals surface area contributed by atoms with Crippen LogP contribution in [0.4, 0.5) is 0 Å². The van der Waals surface area contributed by atoms with Gasteiger partial charge >= 0.3 is 0 Å². The maximum Gasteiger partial charge on any atom is 0.0974 e. The van der Waals surface area contributed by atoms with Crippen molar-refractivity contribution >= 4 is 0 Å². The molecule has 2 heterocycles. The molecule has 0 aliphatic carbocycles. The van der Waals surface area contributed by atoms with E-state index in [1.54, 1.807) is 0 Å². The van der Waals surface area contributed by atoms with Crippen molar-refractivity contribution in [2.45, 2.75) is 12.1 Å². The minimum atomic E-state index is 0.242. The van der Waals surface area contributed by atoms with Gasteiger partial charge < -0.3 is 20.1 Å². The Bertz CT molecular complexity index is 115. The summed E-state index contributed by atoms with van der Waals surface area (Å²) in [4.78, 5) is 0. The lowest BCUT2D eigenvalue weighted by molar-refractivity contribution is -0.102. The molecule has 2 aliphatic heterocycles. The van der Waals surface area contributed by atoms with E-state index in [1.807, 2.05) is 0 Å². The van der Waals surface area contributed by atoms with Gasteiger partial charge in [-0.05, 0) is 0 Å². The number of ether oxygens (including phenoxy) is 2. The summed E-state index contributed by atoms with van der Waals surface area (Å²) in [5.41, 5.74) is 0. The Labute approximate surface area is 72.6 Å². The molecule has 2 rings (SSSR count). The third kappa shape index (κ3) is 1.95. The molecule has 2 fully saturated rings. The van der Waals surface area contributed by atoms with Crippen molar-refractivity contribution in [2.75, 3.05) is 39.5 Å². The molecule has 0 radical (unpaired) electrons. The first kappa shape index (κ1) is 8.44. The Morgan fingerprint density at radius 3 is 2.83 bits per heavy atom. The summed E-state index contributed by atoms with van der Waals surface area (Å²) in [7, 11) is 0. The average molecular weight is 172 g/mol. The predicted octanol–water partition coefficient (Wildman–Crippen LogP) is -1.04. The normalized spacial score (nSPS) is 38.0. The van der Waals surface area contributed by atoms with Crippen LogP contribution >= 0.6 is 0 Å². The van der Waals surface area contributed by atoms with Crippen LogP contribution in [-0.4, -0.2) is 51.6 Å². The summed E-state index contributed by atoms with van der Waals surface area (Å²) in [6.07, 6.45) is 0.242. The van der Waals surface area contributed by atoms with Crippen LogP contribution in [0, 0.1) is 0 Å². The minimum Gasteiger partial charge on any atom is -0.376 e. The summed E-state index contributed by atoms with van der Waals surface area (Å²) < 4.78 is 10.9. The van der Waals surface area contributed by atoms with Crippen molar-refractivity contribution in [1.82, 2.24) is 10.6 Å². The molecule has 0 aromatic carbocycles. The van der Waals surface area contributed by atoms with Gasteiger partial charge in [0.15, 0.2) is 0 Å². The van der Waals surface area contributed by atoms with Crippen LogP contribution in [0.15, 0.2) is 0 Å². The highest BCUT2D eigenvalue weighted by Crippen LogP contribution is 2.06. The van der Waals surface area contributed by atoms with Crippen molar-refractivity contribution in [3.8, 4) is 0 Å². The first-order valence-electron chi connectivity index (χ1n) is 4.60. The molecule has 2 unspecified atom stereocenters. The summed E-state index contributed by atoms with van der Waals surface area (Å²) in [5.74, 6) is 0. The van der Waals surface area contributed by atoms with Gasteiger partial charge in [-0.25, -0.2) is 0 Å². The molecule has 0 spiro atoms. The van der Waals surface area contributed by atoms with E-state index in [9.17, 15) is 0 Å². The molecule has 0 bridgehead atoms. The average Bonchev–Trinajstić information content (AvgIpc) is 2.21. The fraction of sp³-hybridized carbons (Fsp3) is 1.00. The van der Waals surface area contributed by atoms with Gasteiger partial charge in [0, 0.05) is 25.7 Å². The Balaban J connectivity index is 1.80. The number of hydrogen-bond acceptors (Lipinski definition) is 4. The van der Waals surface area contributed by atoms with E-state index in [0.717, 1.165) is 39.5 Å². The Morgan fingerprint density at radius 2 is 2.17 bits per heavy atom. The SMILES string of the molecule is C1CNC(C2COCCO2)CN1. The van der Waals surface area contributed by atoms with Gasteiger partial charge in [0.25, 0.3) is 0 Å². The molecule has 0 aromatic rings. The van der Waals surface area contributed by atoms with Crippen LogP contribution in [0.2, 0.25) is 0 Å². The Morgan fingerprint density at radius 1 is 1.17 bits per heavy atom. The first-order valence-corrected chi connectivity index (χ1v) is 4.60. The smallest absolute Gasteiger partial charge is 0.0974 e. The molecule has 4 heteroatoms. The zero-order chi connectivity index (χ0) is 8.23. The molecule has 2 aliphatic rings. The van der Waals surface area contributed by atoms with Gasteiger partial charge in [-0.15, -0.1) is 0 Å². The van der Waals surface area contributed by atoms with Crippen LogP contribution in [-0.2, 0) is 9.47 Å². The van der Waals surface area contributed by atoms with E-state index in [4.69, 9.17) is 9.47 Å². The standard InChI is InChI=1S/C8H16N2O2/c1-2-10-7(5-9-1)8-6-11-3-4-12-8/h7-10H,1-6H2. The molecule has 12 heavy (non-hydrogen) atoms. The predicted molar refractivity (Wildman–Crippen MR) is 45.2 cm³/mol. The van der Waals surface area contributed by atoms with Crippen LogP contribution in [0.5, 0.6) is 0 Å². The third-order valence-corrected chi connectivity index (χ3v) is 2.36. The summed E-state index contributed by atoms with van der Waals surface area (Å²) >= 11 is 0. The summed E-state index contributed by atoms with van der Waals surface area (Å²) in [6.45, 7) is 5.31. The van der Waals surface area contributed by atoms with Crippen LogP contribution < -0.4 is 10.6 Å². The number of piperazine rings is 1. The molecular formula is C8H16N2O2. The number of hydrogen-bond donors (Lipinski definition) is 2. The minimum absolute atomic E-state index is 0.242. The van der Waals surface area contributed by atoms with Gasteiger partial charge in [0.05, 0.1) is 25.9 Å². The number of nitrogens with one attached hydrogen (secondary N) is 2. The largest absolute Gasteiger partial charge is 0.376 e. The lowest BCUT2D eigenvalue weighted by atomic mass is 10.1. The van der Waals surface area contributed by atoms with Crippen molar-refractivity contribution in [1.29, 1.82) is 0 Å². The molecule has 2 N–H and O–H groups in total. The molecule has 4 nitrogen and oxygen atoms in total. The molecule has 2 saturated heterocycles. The zero-order valence-corrected chi connectivity index (χ0v) is 7.21. The molecule has 0 saturated carbocycles. The van der Waals surface area contributed by atoms with Gasteiger partial charge in [-0.2, -0.15) is 0 Å². The lowest BCUT2D eigenvalue weighted by Crippen LogP contribution is -2.56. The van der Waals surface area contributed by atoms with E-state index < -0.39 is 0 Å². The maximum absolute atomic E-state index is 5.59. The lowest BCUT2D eigenvalue weighted by Gasteiger charge is -2.33. The van der Waals surface area contributed by atoms with Crippen molar-refractivity contribution in [3.05, 3.63) is 0 Å². The van der Waals surface area contributed by atoms with E-state index in [0.29, 0.717) is 6.04 Å². The first-order chi connectivity index (χ1) is 5.97. The van der Waals surface area contributed by atoms with Crippen molar-refractivity contribution in [3.63, 3.8) is 0 Å². The third-order valence-electron chi connectivity index (χ3n) is 2.36. The second-order valence-corrected chi connectivity index (χ2v) is 3.25. The van der Waals surface area contributed by atoms with Gasteiger partial charge in [0.2, 0.25) is 0 Å². The van der Waals surface area contributed by atoms with Crippen LogP contribution in [0.25, 0.3) is 0 Å². The maximum atomic E-state index is 5.59.